The first-order chi connectivity index (χ1) is 21.9. The first-order valence-electron chi connectivity index (χ1n) is 15.3. The van der Waals surface area contributed by atoms with Crippen LogP contribution in [0.15, 0.2) is 73.1 Å². The van der Waals surface area contributed by atoms with Crippen LogP contribution in [0, 0.1) is 6.92 Å². The number of piperazine rings is 1. The van der Waals surface area contributed by atoms with E-state index in [9.17, 15) is 9.90 Å². The summed E-state index contributed by atoms with van der Waals surface area (Å²) >= 11 is 0. The molecule has 0 radical (unpaired) electrons. The first-order valence-corrected chi connectivity index (χ1v) is 15.3. The Balaban J connectivity index is 1.19. The van der Waals surface area contributed by atoms with Crippen LogP contribution in [-0.2, 0) is 22.6 Å². The van der Waals surface area contributed by atoms with Gasteiger partial charge in [-0.2, -0.15) is 0 Å². The molecule has 1 amide bonds. The Bertz CT molecular complexity index is 1700. The van der Waals surface area contributed by atoms with Gasteiger partial charge in [-0.05, 0) is 60.8 Å². The lowest BCUT2D eigenvalue weighted by atomic mass is 9.99. The predicted molar refractivity (Wildman–Crippen MR) is 176 cm³/mol. The van der Waals surface area contributed by atoms with Crippen molar-refractivity contribution in [3.63, 3.8) is 0 Å². The largest absolute Gasteiger partial charge is 0.392 e. The minimum atomic E-state index is -0.348. The van der Waals surface area contributed by atoms with Gasteiger partial charge in [0.05, 0.1) is 36.5 Å². The summed E-state index contributed by atoms with van der Waals surface area (Å²) in [6, 6.07) is 17.2. The molecule has 4 aromatic rings. The molecule has 2 aromatic heterocycles. The molecule has 2 aliphatic rings. The topological polar surface area (TPSA) is 116 Å². The van der Waals surface area contributed by atoms with Gasteiger partial charge in [-0.25, -0.2) is 9.97 Å². The van der Waals surface area contributed by atoms with E-state index in [1.54, 1.807) is 13.3 Å². The highest BCUT2D eigenvalue weighted by Gasteiger charge is 2.30. The molecule has 0 bridgehead atoms. The number of benzene rings is 2. The van der Waals surface area contributed by atoms with E-state index in [0.29, 0.717) is 19.0 Å². The van der Waals surface area contributed by atoms with Crippen molar-refractivity contribution in [3.05, 3.63) is 101 Å². The maximum absolute atomic E-state index is 13.5. The van der Waals surface area contributed by atoms with Crippen LogP contribution in [0.3, 0.4) is 0 Å². The van der Waals surface area contributed by atoms with E-state index in [2.05, 4.69) is 49.6 Å². The van der Waals surface area contributed by atoms with Crippen molar-refractivity contribution in [2.45, 2.75) is 26.0 Å². The third-order valence-electron chi connectivity index (χ3n) is 8.55. The second-order valence-electron chi connectivity index (χ2n) is 11.6. The van der Waals surface area contributed by atoms with Crippen LogP contribution >= 0.6 is 0 Å². The lowest BCUT2D eigenvalue weighted by Gasteiger charge is -2.36. The zero-order valence-electron chi connectivity index (χ0n) is 26.0. The minimum Gasteiger partial charge on any atom is -0.392 e. The SMILES string of the molecule is COC[C@H](C(=O)Nc1cccc2c1CC=C2c1nc(Nc2ccc(-c3ccccc3CO)nc2)ncc1C)N1CCN(C)CC1. The van der Waals surface area contributed by atoms with Crippen LogP contribution < -0.4 is 10.6 Å². The van der Waals surface area contributed by atoms with Gasteiger partial charge in [0.25, 0.3) is 0 Å². The van der Waals surface area contributed by atoms with E-state index >= 15 is 0 Å². The van der Waals surface area contributed by atoms with Gasteiger partial charge < -0.3 is 25.4 Å². The van der Waals surface area contributed by atoms with Gasteiger partial charge >= 0.3 is 0 Å². The number of likely N-dealkylation sites (N-methyl/N-ethyl adjacent to an activating group) is 1. The van der Waals surface area contributed by atoms with E-state index in [1.165, 1.54) is 0 Å². The summed E-state index contributed by atoms with van der Waals surface area (Å²) < 4.78 is 5.45. The number of allylic oxidation sites excluding steroid dienone is 1. The molecule has 1 fully saturated rings. The average Bonchev–Trinajstić information content (AvgIpc) is 3.50. The van der Waals surface area contributed by atoms with Gasteiger partial charge in [0.15, 0.2) is 0 Å². The summed E-state index contributed by atoms with van der Waals surface area (Å²) in [4.78, 5) is 32.0. The third-order valence-corrected chi connectivity index (χ3v) is 8.55. The number of amides is 1. The maximum atomic E-state index is 13.5. The van der Waals surface area contributed by atoms with Crippen molar-refractivity contribution >= 4 is 28.8 Å². The van der Waals surface area contributed by atoms with Crippen LogP contribution in [-0.4, -0.2) is 88.8 Å². The number of carbonyl (C=O) groups excluding carboxylic acids is 1. The Morgan fingerprint density at radius 2 is 1.80 bits per heavy atom. The Labute approximate surface area is 263 Å². The molecular weight excluding hydrogens is 566 g/mol. The fraction of sp³-hybridized carbons (Fsp3) is 0.314. The minimum absolute atomic E-state index is 0.0460. The summed E-state index contributed by atoms with van der Waals surface area (Å²) in [5, 5.41) is 16.2. The van der Waals surface area contributed by atoms with E-state index in [0.717, 1.165) is 82.3 Å². The van der Waals surface area contributed by atoms with E-state index in [1.807, 2.05) is 61.7 Å². The van der Waals surface area contributed by atoms with Crippen molar-refractivity contribution < 1.29 is 14.6 Å². The second-order valence-corrected chi connectivity index (χ2v) is 11.6. The molecule has 10 nitrogen and oxygen atoms in total. The number of nitrogens with zero attached hydrogens (tertiary/aromatic N) is 5. The normalized spacial score (nSPS) is 15.8. The molecule has 45 heavy (non-hydrogen) atoms. The van der Waals surface area contributed by atoms with Gasteiger partial charge in [-0.1, -0.05) is 42.5 Å². The smallest absolute Gasteiger partial charge is 0.244 e. The van der Waals surface area contributed by atoms with E-state index in [4.69, 9.17) is 9.72 Å². The molecular formula is C35H39N7O3. The summed E-state index contributed by atoms with van der Waals surface area (Å²) in [6.45, 7) is 5.82. The number of methoxy groups -OCH3 is 1. The second kappa shape index (κ2) is 13.7. The van der Waals surface area contributed by atoms with Gasteiger partial charge in [0.1, 0.15) is 6.04 Å². The van der Waals surface area contributed by atoms with Crippen molar-refractivity contribution in [1.29, 1.82) is 0 Å². The quantitative estimate of drug-likeness (QED) is 0.244. The highest BCUT2D eigenvalue weighted by molar-refractivity contribution is 5.97. The van der Waals surface area contributed by atoms with Crippen molar-refractivity contribution in [1.82, 2.24) is 24.8 Å². The van der Waals surface area contributed by atoms with Gasteiger partial charge in [-0.3, -0.25) is 14.7 Å². The number of ether oxygens (including phenoxy) is 1. The van der Waals surface area contributed by atoms with Crippen LogP contribution in [0.5, 0.6) is 0 Å². The zero-order chi connectivity index (χ0) is 31.3. The number of aryl methyl sites for hydroxylation is 1. The van der Waals surface area contributed by atoms with Crippen molar-refractivity contribution in [3.8, 4) is 11.3 Å². The predicted octanol–water partition coefficient (Wildman–Crippen LogP) is 4.27. The molecule has 0 unspecified atom stereocenters. The number of carbonyl (C=O) groups is 1. The Kier molecular flexibility index (Phi) is 9.27. The van der Waals surface area contributed by atoms with Gasteiger partial charge in [0, 0.05) is 56.3 Å². The molecule has 2 aromatic carbocycles. The molecule has 1 aliphatic heterocycles. The summed E-state index contributed by atoms with van der Waals surface area (Å²) in [6.07, 6.45) is 6.42. The molecule has 3 heterocycles. The van der Waals surface area contributed by atoms with E-state index in [-0.39, 0.29) is 18.6 Å². The number of aliphatic hydroxyl groups is 1. The Morgan fingerprint density at radius 3 is 2.56 bits per heavy atom. The van der Waals surface area contributed by atoms with E-state index < -0.39 is 0 Å². The number of hydrogen-bond donors (Lipinski definition) is 3. The number of nitrogens with one attached hydrogen (secondary N) is 2. The molecule has 232 valence electrons. The Morgan fingerprint density at radius 1 is 1.00 bits per heavy atom. The lowest BCUT2D eigenvalue weighted by molar-refractivity contribution is -0.124. The van der Waals surface area contributed by atoms with Crippen molar-refractivity contribution in [2.75, 3.05) is 57.6 Å². The number of aliphatic hydroxyl groups excluding tert-OH is 1. The summed E-state index contributed by atoms with van der Waals surface area (Å²) in [5.41, 5.74) is 9.03. The fourth-order valence-corrected chi connectivity index (χ4v) is 6.01. The van der Waals surface area contributed by atoms with Crippen LogP contribution in [0.25, 0.3) is 16.8 Å². The number of anilines is 3. The number of pyridine rings is 1. The fourth-order valence-electron chi connectivity index (χ4n) is 6.01. The monoisotopic (exact) mass is 605 g/mol. The lowest BCUT2D eigenvalue weighted by Crippen LogP contribution is -2.54. The molecule has 3 N–H and O–H groups in total. The first kappa shape index (κ1) is 30.5. The number of aromatic nitrogens is 3. The number of hydrogen-bond acceptors (Lipinski definition) is 9. The maximum Gasteiger partial charge on any atom is 0.244 e. The standard InChI is InChI=1S/C35H39N7O3/c1-23-19-37-35(38-25-11-14-30(36-20-25)26-8-5-4-7-24(26)21-43)40-33(23)29-13-12-28-27(29)9-6-10-31(28)39-34(44)32(22-45-3)42-17-15-41(2)16-18-42/h4-11,13-14,19-20,32,43H,12,15-18,21-22H2,1-3H3,(H,39,44)(H,37,38,40)/t32-/m1/s1. The highest BCUT2D eigenvalue weighted by Crippen LogP contribution is 2.37. The molecule has 1 atom stereocenters. The van der Waals surface area contributed by atoms with Crippen LogP contribution in [0.4, 0.5) is 17.3 Å². The zero-order valence-corrected chi connectivity index (χ0v) is 26.0. The third kappa shape index (κ3) is 6.64. The number of fused-ring (bicyclic) bond motifs is 1. The molecule has 1 aliphatic carbocycles. The number of rotatable bonds is 10. The Hall–Kier alpha value is -4.48. The van der Waals surface area contributed by atoms with Gasteiger partial charge in [0.2, 0.25) is 11.9 Å². The molecule has 6 rings (SSSR count). The molecule has 10 heteroatoms. The average molecular weight is 606 g/mol. The highest BCUT2D eigenvalue weighted by atomic mass is 16.5. The molecule has 0 spiro atoms. The van der Waals surface area contributed by atoms with Gasteiger partial charge in [-0.15, -0.1) is 0 Å². The van der Waals surface area contributed by atoms with Crippen LogP contribution in [0.1, 0.15) is 27.9 Å². The molecule has 0 saturated carbocycles. The molecule has 1 saturated heterocycles. The summed E-state index contributed by atoms with van der Waals surface area (Å²) in [7, 11) is 3.75. The van der Waals surface area contributed by atoms with Crippen molar-refractivity contribution in [2.24, 2.45) is 0 Å². The van der Waals surface area contributed by atoms with Crippen LogP contribution in [0.2, 0.25) is 0 Å². The summed E-state index contributed by atoms with van der Waals surface area (Å²) in [5.74, 6) is 0.418.